The lowest BCUT2D eigenvalue weighted by molar-refractivity contribution is 1.18. The third-order valence-corrected chi connectivity index (χ3v) is 8.92. The lowest BCUT2D eigenvalue weighted by Crippen LogP contribution is -2.09. The monoisotopic (exact) mass is 639 g/mol. The third-order valence-electron chi connectivity index (χ3n) is 8.92. The summed E-state index contributed by atoms with van der Waals surface area (Å²) in [6.45, 7) is 13.8. The first kappa shape index (κ1) is 33.1. The molecule has 0 aliphatic heterocycles. The largest absolute Gasteiger partial charge is 0.314 e. The molecule has 3 heteroatoms. The van der Waals surface area contributed by atoms with Crippen LogP contribution in [-0.4, -0.2) is 9.13 Å². The van der Waals surface area contributed by atoms with Gasteiger partial charge in [0, 0.05) is 50.0 Å². The quantitative estimate of drug-likeness (QED) is 0.165. The Kier molecular flexibility index (Phi) is 10.1. The minimum atomic E-state index is 1.08. The van der Waals surface area contributed by atoms with Gasteiger partial charge in [-0.25, -0.2) is 0 Å². The Balaban J connectivity index is 0.000000650. The minimum absolute atomic E-state index is 1.08. The number of benzene rings is 6. The summed E-state index contributed by atoms with van der Waals surface area (Å²) >= 11 is 0. The molecule has 0 amide bonds. The van der Waals surface area contributed by atoms with E-state index >= 15 is 0 Å². The van der Waals surface area contributed by atoms with E-state index in [0.29, 0.717) is 0 Å². The highest BCUT2D eigenvalue weighted by molar-refractivity contribution is 6.12. The predicted molar refractivity (Wildman–Crippen MR) is 216 cm³/mol. The summed E-state index contributed by atoms with van der Waals surface area (Å²) in [4.78, 5) is 2.38. The van der Waals surface area contributed by atoms with Crippen molar-refractivity contribution in [3.05, 3.63) is 164 Å². The van der Waals surface area contributed by atoms with E-state index in [4.69, 9.17) is 0 Å². The molecule has 0 aliphatic rings. The van der Waals surface area contributed by atoms with E-state index in [1.54, 1.807) is 0 Å². The van der Waals surface area contributed by atoms with Gasteiger partial charge in [-0.2, -0.15) is 0 Å². The number of rotatable bonds is 6. The van der Waals surface area contributed by atoms with Crippen molar-refractivity contribution in [2.45, 2.75) is 41.0 Å². The topological polar surface area (TPSA) is 13.1 Å². The SMILES string of the molecule is C/C=C(\C)n1c2ccccc2c2cc(N(c3ccccc3)c3ccc4c(c3)c3ccccc3n4-c3ccccc3)ccc21.C=CCC.CC. The van der Waals surface area contributed by atoms with Gasteiger partial charge in [-0.3, -0.25) is 0 Å². The van der Waals surface area contributed by atoms with E-state index in [-0.39, 0.29) is 0 Å². The van der Waals surface area contributed by atoms with Crippen LogP contribution in [0.5, 0.6) is 0 Å². The van der Waals surface area contributed by atoms with Crippen molar-refractivity contribution in [1.29, 1.82) is 0 Å². The Labute approximate surface area is 290 Å². The molecule has 0 saturated heterocycles. The first-order valence-electron chi connectivity index (χ1n) is 17.4. The molecule has 0 unspecified atom stereocenters. The molecular formula is C46H45N3. The van der Waals surface area contributed by atoms with Crippen molar-refractivity contribution >= 4 is 66.4 Å². The molecule has 0 radical (unpaired) electrons. The highest BCUT2D eigenvalue weighted by Gasteiger charge is 2.19. The molecule has 6 aromatic carbocycles. The van der Waals surface area contributed by atoms with Gasteiger partial charge in [-0.15, -0.1) is 6.58 Å². The van der Waals surface area contributed by atoms with Crippen LogP contribution in [0.3, 0.4) is 0 Å². The summed E-state index contributed by atoms with van der Waals surface area (Å²) in [7, 11) is 0. The van der Waals surface area contributed by atoms with Gasteiger partial charge in [0.05, 0.1) is 22.1 Å². The van der Waals surface area contributed by atoms with Crippen molar-refractivity contribution in [3.63, 3.8) is 0 Å². The smallest absolute Gasteiger partial charge is 0.0542 e. The van der Waals surface area contributed by atoms with E-state index in [1.807, 2.05) is 19.9 Å². The molecule has 0 fully saturated rings. The van der Waals surface area contributed by atoms with Gasteiger partial charge < -0.3 is 14.0 Å². The van der Waals surface area contributed by atoms with Crippen LogP contribution in [0, 0.1) is 0 Å². The summed E-state index contributed by atoms with van der Waals surface area (Å²) in [6, 6.07) is 52.5. The number of hydrogen-bond acceptors (Lipinski definition) is 1. The van der Waals surface area contributed by atoms with Gasteiger partial charge in [0.25, 0.3) is 0 Å². The fourth-order valence-corrected chi connectivity index (χ4v) is 6.59. The number of anilines is 3. The highest BCUT2D eigenvalue weighted by atomic mass is 15.1. The van der Waals surface area contributed by atoms with E-state index in [1.165, 1.54) is 55.0 Å². The molecule has 0 atom stereocenters. The number of hydrogen-bond donors (Lipinski definition) is 0. The van der Waals surface area contributed by atoms with Crippen LogP contribution in [0.2, 0.25) is 0 Å². The lowest BCUT2D eigenvalue weighted by Gasteiger charge is -2.26. The Morgan fingerprint density at radius 1 is 0.571 bits per heavy atom. The summed E-state index contributed by atoms with van der Waals surface area (Å²) in [6.07, 6.45) is 5.14. The molecule has 0 spiro atoms. The van der Waals surface area contributed by atoms with Crippen LogP contribution in [0.1, 0.15) is 41.0 Å². The first-order chi connectivity index (χ1) is 24.1. The molecule has 0 aliphatic carbocycles. The van der Waals surface area contributed by atoms with E-state index < -0.39 is 0 Å². The van der Waals surface area contributed by atoms with Crippen molar-refractivity contribution in [2.75, 3.05) is 4.90 Å². The molecule has 2 heterocycles. The molecule has 0 bridgehead atoms. The van der Waals surface area contributed by atoms with Gasteiger partial charge in [-0.1, -0.05) is 106 Å². The molecule has 0 N–H and O–H groups in total. The van der Waals surface area contributed by atoms with Crippen LogP contribution in [0.25, 0.3) is 55.0 Å². The van der Waals surface area contributed by atoms with Crippen LogP contribution in [-0.2, 0) is 0 Å². The normalized spacial score (nSPS) is 11.2. The molecule has 49 heavy (non-hydrogen) atoms. The zero-order valence-electron chi connectivity index (χ0n) is 29.3. The van der Waals surface area contributed by atoms with Crippen LogP contribution >= 0.6 is 0 Å². The second kappa shape index (κ2) is 15.0. The molecular weight excluding hydrogens is 595 g/mol. The molecule has 0 saturated carbocycles. The van der Waals surface area contributed by atoms with Crippen molar-refractivity contribution in [2.24, 2.45) is 0 Å². The van der Waals surface area contributed by atoms with Crippen LogP contribution in [0.15, 0.2) is 164 Å². The average molecular weight is 640 g/mol. The minimum Gasteiger partial charge on any atom is -0.314 e. The van der Waals surface area contributed by atoms with E-state index in [9.17, 15) is 0 Å². The second-order valence-corrected chi connectivity index (χ2v) is 11.7. The Morgan fingerprint density at radius 2 is 1.02 bits per heavy atom. The molecule has 8 rings (SSSR count). The maximum atomic E-state index is 3.48. The zero-order valence-corrected chi connectivity index (χ0v) is 29.3. The molecule has 244 valence electrons. The van der Waals surface area contributed by atoms with Gasteiger partial charge in [-0.05, 0) is 93.1 Å². The highest BCUT2D eigenvalue weighted by Crippen LogP contribution is 2.42. The van der Waals surface area contributed by atoms with Gasteiger partial charge in [0.1, 0.15) is 0 Å². The van der Waals surface area contributed by atoms with E-state index in [0.717, 1.165) is 23.5 Å². The fourth-order valence-electron chi connectivity index (χ4n) is 6.59. The number of nitrogens with zero attached hydrogens (tertiary/aromatic N) is 3. The van der Waals surface area contributed by atoms with Crippen molar-refractivity contribution in [1.82, 2.24) is 9.13 Å². The maximum Gasteiger partial charge on any atom is 0.0542 e. The van der Waals surface area contributed by atoms with Crippen LogP contribution in [0.4, 0.5) is 17.1 Å². The molecule has 8 aromatic rings. The summed E-state index contributed by atoms with van der Waals surface area (Å²) in [5.74, 6) is 0. The predicted octanol–water partition coefficient (Wildman–Crippen LogP) is 13.9. The van der Waals surface area contributed by atoms with Crippen LogP contribution < -0.4 is 4.90 Å². The second-order valence-electron chi connectivity index (χ2n) is 11.7. The maximum absolute atomic E-state index is 3.48. The third kappa shape index (κ3) is 6.16. The number of aromatic nitrogens is 2. The van der Waals surface area contributed by atoms with Crippen molar-refractivity contribution < 1.29 is 0 Å². The lowest BCUT2D eigenvalue weighted by atomic mass is 10.1. The van der Waals surface area contributed by atoms with Gasteiger partial charge in [0.2, 0.25) is 0 Å². The number of allylic oxidation sites excluding steroid dienone is 3. The molecule has 3 nitrogen and oxygen atoms in total. The fraction of sp³-hybridized carbons (Fsp3) is 0.130. The summed E-state index contributed by atoms with van der Waals surface area (Å²) < 4.78 is 4.73. The molecule has 2 aromatic heterocycles. The summed E-state index contributed by atoms with van der Waals surface area (Å²) in [5, 5.41) is 4.99. The Hall–Kier alpha value is -5.80. The number of fused-ring (bicyclic) bond motifs is 6. The zero-order chi connectivity index (χ0) is 34.3. The van der Waals surface area contributed by atoms with Gasteiger partial charge in [0.15, 0.2) is 0 Å². The summed E-state index contributed by atoms with van der Waals surface area (Å²) in [5.41, 5.74) is 10.6. The van der Waals surface area contributed by atoms with Gasteiger partial charge >= 0.3 is 0 Å². The average Bonchev–Trinajstić information content (AvgIpc) is 3.69. The van der Waals surface area contributed by atoms with Crippen molar-refractivity contribution in [3.8, 4) is 5.69 Å². The Bertz CT molecular complexity index is 2370. The number of para-hydroxylation sites is 4. The Morgan fingerprint density at radius 3 is 1.61 bits per heavy atom. The standard InChI is InChI=1S/C40H31N3.C4H8.C2H6/c1-3-28(2)41-37-20-12-10-18-33(37)35-26-31(22-24-39(35)41)42(29-14-6-4-7-15-29)32-23-25-40-36(27-32)34-19-11-13-21-38(34)43(40)30-16-8-5-9-17-30;1-3-4-2;1-2/h3-27H,1-2H3;3H,1,4H2,2H3;1-2H3/b28-3+;;. The first-order valence-corrected chi connectivity index (χ1v) is 17.4. The van der Waals surface area contributed by atoms with E-state index in [2.05, 4.69) is 193 Å².